The Hall–Kier alpha value is -1.65. The van der Waals surface area contributed by atoms with Gasteiger partial charge in [-0.15, -0.1) is 0 Å². The third kappa shape index (κ3) is 3.84. The SMILES string of the molecule is CCNc1ccc(C(=O)NCC(F)F)cc1. The molecule has 0 bridgehead atoms. The Labute approximate surface area is 92.8 Å². The zero-order chi connectivity index (χ0) is 12.0. The number of hydrogen-bond acceptors (Lipinski definition) is 2. The van der Waals surface area contributed by atoms with Gasteiger partial charge in [0.1, 0.15) is 0 Å². The molecule has 0 aliphatic heterocycles. The number of carbonyl (C=O) groups is 1. The zero-order valence-corrected chi connectivity index (χ0v) is 8.97. The second kappa shape index (κ2) is 6.05. The number of benzene rings is 1. The average molecular weight is 228 g/mol. The van der Waals surface area contributed by atoms with Crippen molar-refractivity contribution in [2.24, 2.45) is 0 Å². The Balaban J connectivity index is 2.56. The van der Waals surface area contributed by atoms with Crippen LogP contribution in [0.2, 0.25) is 0 Å². The van der Waals surface area contributed by atoms with Crippen molar-refractivity contribution >= 4 is 11.6 Å². The summed E-state index contributed by atoms with van der Waals surface area (Å²) in [4.78, 5) is 11.4. The summed E-state index contributed by atoms with van der Waals surface area (Å²) in [5.41, 5.74) is 1.27. The first kappa shape index (κ1) is 12.4. The van der Waals surface area contributed by atoms with Crippen molar-refractivity contribution < 1.29 is 13.6 Å². The molecule has 0 heterocycles. The number of carbonyl (C=O) groups excluding carboxylic acids is 1. The fraction of sp³-hybridized carbons (Fsp3) is 0.364. The molecule has 1 rings (SSSR count). The number of rotatable bonds is 5. The van der Waals surface area contributed by atoms with Gasteiger partial charge in [-0.2, -0.15) is 0 Å². The minimum absolute atomic E-state index is 0.377. The molecule has 5 heteroatoms. The lowest BCUT2D eigenvalue weighted by Crippen LogP contribution is -2.28. The van der Waals surface area contributed by atoms with Gasteiger partial charge in [0.05, 0.1) is 6.54 Å². The highest BCUT2D eigenvalue weighted by Gasteiger charge is 2.08. The predicted molar refractivity (Wildman–Crippen MR) is 58.9 cm³/mol. The molecule has 0 saturated carbocycles. The van der Waals surface area contributed by atoms with E-state index in [-0.39, 0.29) is 0 Å². The van der Waals surface area contributed by atoms with Crippen LogP contribution < -0.4 is 10.6 Å². The number of alkyl halides is 2. The summed E-state index contributed by atoms with van der Waals surface area (Å²) < 4.78 is 23.7. The van der Waals surface area contributed by atoms with Crippen molar-refractivity contribution in [1.29, 1.82) is 0 Å². The molecule has 1 aromatic carbocycles. The van der Waals surface area contributed by atoms with Crippen molar-refractivity contribution in [2.75, 3.05) is 18.4 Å². The van der Waals surface area contributed by atoms with Crippen LogP contribution in [0.3, 0.4) is 0 Å². The molecular formula is C11H14F2N2O. The summed E-state index contributed by atoms with van der Waals surface area (Å²) >= 11 is 0. The van der Waals surface area contributed by atoms with Gasteiger partial charge in [0, 0.05) is 17.8 Å². The van der Waals surface area contributed by atoms with Crippen molar-refractivity contribution in [3.05, 3.63) is 29.8 Å². The molecule has 0 spiro atoms. The number of amides is 1. The second-order valence-electron chi connectivity index (χ2n) is 3.21. The lowest BCUT2D eigenvalue weighted by Gasteiger charge is -2.06. The van der Waals surface area contributed by atoms with E-state index in [4.69, 9.17) is 0 Å². The Bertz CT molecular complexity index is 338. The topological polar surface area (TPSA) is 41.1 Å². The first-order chi connectivity index (χ1) is 7.63. The summed E-state index contributed by atoms with van der Waals surface area (Å²) in [7, 11) is 0. The lowest BCUT2D eigenvalue weighted by molar-refractivity contribution is 0.0892. The van der Waals surface area contributed by atoms with Crippen molar-refractivity contribution in [2.45, 2.75) is 13.3 Å². The summed E-state index contributed by atoms with van der Waals surface area (Å²) in [5, 5.41) is 5.21. The van der Waals surface area contributed by atoms with Crippen LogP contribution in [-0.2, 0) is 0 Å². The van der Waals surface area contributed by atoms with Gasteiger partial charge in [0.2, 0.25) is 0 Å². The molecular weight excluding hydrogens is 214 g/mol. The molecule has 88 valence electrons. The first-order valence-electron chi connectivity index (χ1n) is 5.03. The molecule has 0 aromatic heterocycles. The third-order valence-electron chi connectivity index (χ3n) is 1.94. The van der Waals surface area contributed by atoms with Crippen LogP contribution in [0.4, 0.5) is 14.5 Å². The van der Waals surface area contributed by atoms with Gasteiger partial charge < -0.3 is 10.6 Å². The second-order valence-corrected chi connectivity index (χ2v) is 3.21. The van der Waals surface area contributed by atoms with Crippen LogP contribution in [0.25, 0.3) is 0 Å². The van der Waals surface area contributed by atoms with E-state index in [1.807, 2.05) is 6.92 Å². The highest BCUT2D eigenvalue weighted by Crippen LogP contribution is 2.09. The van der Waals surface area contributed by atoms with E-state index < -0.39 is 18.9 Å². The quantitative estimate of drug-likeness (QED) is 0.810. The van der Waals surface area contributed by atoms with E-state index in [0.29, 0.717) is 5.56 Å². The Morgan fingerprint density at radius 1 is 1.31 bits per heavy atom. The number of hydrogen-bond donors (Lipinski definition) is 2. The summed E-state index contributed by atoms with van der Waals surface area (Å²) in [6.45, 7) is 2.13. The smallest absolute Gasteiger partial charge is 0.255 e. The zero-order valence-electron chi connectivity index (χ0n) is 8.97. The fourth-order valence-corrected chi connectivity index (χ4v) is 1.22. The predicted octanol–water partition coefficient (Wildman–Crippen LogP) is 2.11. The van der Waals surface area contributed by atoms with E-state index in [9.17, 15) is 13.6 Å². The summed E-state index contributed by atoms with van der Waals surface area (Å²) in [6.07, 6.45) is -2.52. The van der Waals surface area contributed by atoms with Crippen molar-refractivity contribution in [3.63, 3.8) is 0 Å². The van der Waals surface area contributed by atoms with E-state index in [2.05, 4.69) is 10.6 Å². The normalized spacial score (nSPS) is 10.2. The van der Waals surface area contributed by atoms with Crippen LogP contribution in [0.5, 0.6) is 0 Å². The molecule has 0 atom stereocenters. The minimum Gasteiger partial charge on any atom is -0.385 e. The molecule has 0 fully saturated rings. The molecule has 3 nitrogen and oxygen atoms in total. The first-order valence-corrected chi connectivity index (χ1v) is 5.03. The molecule has 0 aliphatic rings. The van der Waals surface area contributed by atoms with Gasteiger partial charge in [0.25, 0.3) is 12.3 Å². The molecule has 0 aliphatic carbocycles. The largest absolute Gasteiger partial charge is 0.385 e. The van der Waals surface area contributed by atoms with Crippen LogP contribution in [0.1, 0.15) is 17.3 Å². The maximum atomic E-state index is 11.9. The monoisotopic (exact) mass is 228 g/mol. The molecule has 0 unspecified atom stereocenters. The number of nitrogens with one attached hydrogen (secondary N) is 2. The number of halogens is 2. The van der Waals surface area contributed by atoms with Gasteiger partial charge in [-0.1, -0.05) is 0 Å². The Morgan fingerprint density at radius 2 is 1.94 bits per heavy atom. The van der Waals surface area contributed by atoms with E-state index in [0.717, 1.165) is 12.2 Å². The number of anilines is 1. The average Bonchev–Trinajstić information content (AvgIpc) is 2.27. The van der Waals surface area contributed by atoms with E-state index in [1.54, 1.807) is 24.3 Å². The maximum absolute atomic E-state index is 11.9. The van der Waals surface area contributed by atoms with Crippen molar-refractivity contribution in [3.8, 4) is 0 Å². The fourth-order valence-electron chi connectivity index (χ4n) is 1.22. The van der Waals surface area contributed by atoms with Gasteiger partial charge >= 0.3 is 0 Å². The standard InChI is InChI=1S/C11H14F2N2O/c1-2-14-9-5-3-8(4-6-9)11(16)15-7-10(12)13/h3-6,10,14H,2,7H2,1H3,(H,15,16). The Morgan fingerprint density at radius 3 is 2.44 bits per heavy atom. The molecule has 1 amide bonds. The van der Waals surface area contributed by atoms with Crippen molar-refractivity contribution in [1.82, 2.24) is 5.32 Å². The van der Waals surface area contributed by atoms with Crippen LogP contribution in [-0.4, -0.2) is 25.4 Å². The molecule has 0 saturated heterocycles. The van der Waals surface area contributed by atoms with Gasteiger partial charge in [-0.25, -0.2) is 8.78 Å². The van der Waals surface area contributed by atoms with Gasteiger partial charge in [-0.3, -0.25) is 4.79 Å². The molecule has 2 N–H and O–H groups in total. The molecule has 1 aromatic rings. The Kier molecular flexibility index (Phi) is 4.69. The van der Waals surface area contributed by atoms with Gasteiger partial charge in [-0.05, 0) is 31.2 Å². The highest BCUT2D eigenvalue weighted by atomic mass is 19.3. The van der Waals surface area contributed by atoms with E-state index >= 15 is 0 Å². The summed E-state index contributed by atoms with van der Waals surface area (Å²) in [5.74, 6) is -0.483. The maximum Gasteiger partial charge on any atom is 0.255 e. The minimum atomic E-state index is -2.52. The van der Waals surface area contributed by atoms with E-state index in [1.165, 1.54) is 0 Å². The highest BCUT2D eigenvalue weighted by molar-refractivity contribution is 5.94. The van der Waals surface area contributed by atoms with Crippen LogP contribution in [0, 0.1) is 0 Å². The lowest BCUT2D eigenvalue weighted by atomic mass is 10.2. The molecule has 0 radical (unpaired) electrons. The third-order valence-corrected chi connectivity index (χ3v) is 1.94. The van der Waals surface area contributed by atoms with Crippen LogP contribution >= 0.6 is 0 Å². The van der Waals surface area contributed by atoms with Crippen LogP contribution in [0.15, 0.2) is 24.3 Å². The molecule has 16 heavy (non-hydrogen) atoms. The summed E-state index contributed by atoms with van der Waals surface area (Å²) in [6, 6.07) is 6.67. The van der Waals surface area contributed by atoms with Gasteiger partial charge in [0.15, 0.2) is 0 Å².